The third kappa shape index (κ3) is 7.68. The fourth-order valence-corrected chi connectivity index (χ4v) is 9.59. The first-order valence-electron chi connectivity index (χ1n) is 18.8. The largest absolute Gasteiger partial charge is 0.352 e. The van der Waals surface area contributed by atoms with Crippen LogP contribution in [0.15, 0.2) is 83.6 Å². The molecule has 6 aromatic rings. The van der Waals surface area contributed by atoms with Crippen LogP contribution in [0.25, 0.3) is 20.4 Å². The lowest BCUT2D eigenvalue weighted by atomic mass is 9.95. The quantitative estimate of drug-likeness (QED) is 0.160. The summed E-state index contributed by atoms with van der Waals surface area (Å²) >= 11 is 3.13. The number of carbonyl (C=O) groups is 4. The number of aryl methyl sites for hydroxylation is 1. The second kappa shape index (κ2) is 15.8. The van der Waals surface area contributed by atoms with Crippen molar-refractivity contribution in [3.63, 3.8) is 0 Å². The Balaban J connectivity index is 0.894. The van der Waals surface area contributed by atoms with E-state index in [1.165, 1.54) is 17.4 Å². The Labute approximate surface area is 326 Å². The van der Waals surface area contributed by atoms with Crippen molar-refractivity contribution in [1.82, 2.24) is 29.6 Å². The predicted octanol–water partition coefficient (Wildman–Crippen LogP) is 6.78. The average molecular weight is 779 g/mol. The highest BCUT2D eigenvalue weighted by Crippen LogP contribution is 2.30. The molecule has 4 aromatic heterocycles. The van der Waals surface area contributed by atoms with Gasteiger partial charge in [-0.15, -0.1) is 22.7 Å². The maximum absolute atomic E-state index is 15.4. The molecule has 2 aliphatic heterocycles. The Kier molecular flexibility index (Phi) is 10.6. The number of fused-ring (bicyclic) bond motifs is 2. The van der Waals surface area contributed by atoms with Crippen LogP contribution in [-0.4, -0.2) is 68.7 Å². The fraction of sp³-hybridized carbons (Fsp3) is 0.333. The first-order chi connectivity index (χ1) is 26.7. The summed E-state index contributed by atoms with van der Waals surface area (Å²) in [6.45, 7) is 2.70. The summed E-state index contributed by atoms with van der Waals surface area (Å²) in [5.74, 6) is -1.23. The van der Waals surface area contributed by atoms with E-state index in [0.29, 0.717) is 68.9 Å². The van der Waals surface area contributed by atoms with E-state index < -0.39 is 5.82 Å². The molecule has 0 bridgehead atoms. The number of amides is 4. The normalized spacial score (nSPS) is 16.5. The Morgan fingerprint density at radius 3 is 2.11 bits per heavy atom. The van der Waals surface area contributed by atoms with Crippen LogP contribution in [0.3, 0.4) is 0 Å². The second-order valence-electron chi connectivity index (χ2n) is 14.5. The number of nitrogens with one attached hydrogen (secondary N) is 2. The fourth-order valence-electron chi connectivity index (χ4n) is 7.92. The maximum atomic E-state index is 15.4. The van der Waals surface area contributed by atoms with Gasteiger partial charge in [0.15, 0.2) is 0 Å². The lowest BCUT2D eigenvalue weighted by molar-refractivity contribution is -0.127. The highest BCUT2D eigenvalue weighted by Gasteiger charge is 2.32. The highest BCUT2D eigenvalue weighted by atomic mass is 32.1. The van der Waals surface area contributed by atoms with Gasteiger partial charge >= 0.3 is 0 Å². The highest BCUT2D eigenvalue weighted by molar-refractivity contribution is 7.17. The van der Waals surface area contributed by atoms with Crippen LogP contribution in [0.2, 0.25) is 0 Å². The second-order valence-corrected chi connectivity index (χ2v) is 16.4. The van der Waals surface area contributed by atoms with Crippen LogP contribution in [0.4, 0.5) is 4.39 Å². The maximum Gasteiger partial charge on any atom is 0.270 e. The van der Waals surface area contributed by atoms with Gasteiger partial charge in [-0.2, -0.15) is 0 Å². The number of benzene rings is 2. The van der Waals surface area contributed by atoms with Crippen molar-refractivity contribution in [1.29, 1.82) is 0 Å². The molecule has 0 saturated carbocycles. The first kappa shape index (κ1) is 36.7. The number of nitrogens with zero attached hydrogens (tertiary/aromatic N) is 4. The van der Waals surface area contributed by atoms with E-state index >= 15 is 4.39 Å². The summed E-state index contributed by atoms with van der Waals surface area (Å²) in [7, 11) is 1.89. The van der Waals surface area contributed by atoms with Gasteiger partial charge in [0, 0.05) is 57.8 Å². The molecule has 0 radical (unpaired) electrons. The van der Waals surface area contributed by atoms with Gasteiger partial charge < -0.3 is 29.6 Å². The van der Waals surface area contributed by atoms with Crippen molar-refractivity contribution < 1.29 is 23.6 Å². The van der Waals surface area contributed by atoms with Gasteiger partial charge in [0.05, 0.1) is 32.9 Å². The number of hydrogen-bond donors (Lipinski definition) is 2. The van der Waals surface area contributed by atoms with Crippen LogP contribution < -0.4 is 10.6 Å². The molecular weight excluding hydrogens is 736 g/mol. The monoisotopic (exact) mass is 778 g/mol. The zero-order valence-corrected chi connectivity index (χ0v) is 32.3. The van der Waals surface area contributed by atoms with E-state index in [1.54, 1.807) is 33.3 Å². The first-order valence-corrected chi connectivity index (χ1v) is 20.5. The van der Waals surface area contributed by atoms with E-state index in [0.717, 1.165) is 38.0 Å². The van der Waals surface area contributed by atoms with Gasteiger partial charge in [-0.1, -0.05) is 36.4 Å². The van der Waals surface area contributed by atoms with E-state index in [4.69, 9.17) is 0 Å². The molecule has 6 heterocycles. The average Bonchev–Trinajstić information content (AvgIpc) is 4.01. The number of hydrogen-bond acceptors (Lipinski definition) is 6. The summed E-state index contributed by atoms with van der Waals surface area (Å²) in [6.07, 6.45) is 2.57. The molecule has 2 saturated heterocycles. The summed E-state index contributed by atoms with van der Waals surface area (Å²) in [4.78, 5) is 57.3. The van der Waals surface area contributed by atoms with E-state index in [1.807, 2.05) is 81.5 Å². The number of halogens is 1. The number of thiophene rings is 2. The molecule has 0 spiro atoms. The number of piperidine rings is 2. The molecule has 284 valence electrons. The van der Waals surface area contributed by atoms with Gasteiger partial charge in [-0.05, 0) is 84.0 Å². The minimum Gasteiger partial charge on any atom is -0.352 e. The number of likely N-dealkylation sites (tertiary alicyclic amines) is 2. The third-order valence-electron chi connectivity index (χ3n) is 11.1. The number of carbonyl (C=O) groups excluding carboxylic acids is 4. The van der Waals surface area contributed by atoms with E-state index in [2.05, 4.69) is 10.6 Å². The van der Waals surface area contributed by atoms with E-state index in [9.17, 15) is 19.2 Å². The van der Waals surface area contributed by atoms with Crippen molar-refractivity contribution in [3.8, 4) is 0 Å². The summed E-state index contributed by atoms with van der Waals surface area (Å²) in [5, 5.41) is 10.0. The van der Waals surface area contributed by atoms with Crippen LogP contribution in [0, 0.1) is 17.7 Å². The molecule has 2 N–H and O–H groups in total. The SMILES string of the molecule is Cn1c(C(=O)N2CCCC(C(=O)NCc3ccc(F)c(Cn4c(C(=O)N5CCC(C(=O)NCc6ccccc6)CC5)cc5sccc54)c3)C2)cc2sccc21. The van der Waals surface area contributed by atoms with Gasteiger partial charge in [0.2, 0.25) is 11.8 Å². The topological polar surface area (TPSA) is 109 Å². The molecule has 1 unspecified atom stereocenters. The molecular formula is C42H43FN6O4S2. The Bertz CT molecular complexity index is 2370. The summed E-state index contributed by atoms with van der Waals surface area (Å²) in [5.41, 5.74) is 5.18. The summed E-state index contributed by atoms with van der Waals surface area (Å²) < 4.78 is 21.2. The molecule has 13 heteroatoms. The van der Waals surface area contributed by atoms with Gasteiger partial charge in [-0.3, -0.25) is 19.2 Å². The zero-order chi connectivity index (χ0) is 38.1. The third-order valence-corrected chi connectivity index (χ3v) is 12.8. The molecule has 1 atom stereocenters. The van der Waals surface area contributed by atoms with Gasteiger partial charge in [0.1, 0.15) is 17.2 Å². The lowest BCUT2D eigenvalue weighted by Gasteiger charge is -2.32. The van der Waals surface area contributed by atoms with Crippen molar-refractivity contribution in [2.75, 3.05) is 26.2 Å². The Morgan fingerprint density at radius 1 is 0.709 bits per heavy atom. The molecule has 2 aromatic carbocycles. The van der Waals surface area contributed by atoms with E-state index in [-0.39, 0.29) is 48.6 Å². The zero-order valence-electron chi connectivity index (χ0n) is 30.6. The molecule has 2 fully saturated rings. The standard InChI is InChI=1S/C42H43FN6O4S2/c1-46-33-13-18-54-37(33)21-35(46)41(52)48-15-5-8-30(25-48)40(51)45-24-28-9-10-32(43)31(20-28)26-49-34-14-19-55-38(34)22-36(49)42(53)47-16-11-29(12-17-47)39(50)44-23-27-6-3-2-4-7-27/h2-4,6-7,9-10,13-14,18-22,29-30H,5,8,11-12,15-17,23-26H2,1H3,(H,44,50)(H,45,51). The van der Waals surface area contributed by atoms with Crippen molar-refractivity contribution in [2.45, 2.75) is 45.3 Å². The van der Waals surface area contributed by atoms with Crippen molar-refractivity contribution in [3.05, 3.63) is 117 Å². The van der Waals surface area contributed by atoms with Crippen molar-refractivity contribution in [2.24, 2.45) is 18.9 Å². The Hall–Kier alpha value is -5.27. The molecule has 10 nitrogen and oxygen atoms in total. The predicted molar refractivity (Wildman–Crippen MR) is 214 cm³/mol. The van der Waals surface area contributed by atoms with Crippen LogP contribution in [0.1, 0.15) is 63.4 Å². The van der Waals surface area contributed by atoms with Crippen LogP contribution in [0.5, 0.6) is 0 Å². The molecule has 8 rings (SSSR count). The van der Waals surface area contributed by atoms with Crippen LogP contribution in [-0.2, 0) is 36.3 Å². The van der Waals surface area contributed by atoms with Crippen molar-refractivity contribution >= 4 is 66.7 Å². The van der Waals surface area contributed by atoms with Gasteiger partial charge in [-0.25, -0.2) is 4.39 Å². The smallest absolute Gasteiger partial charge is 0.270 e. The summed E-state index contributed by atoms with van der Waals surface area (Å²) in [6, 6.07) is 22.4. The number of rotatable bonds is 10. The Morgan fingerprint density at radius 2 is 1.36 bits per heavy atom. The molecule has 4 amide bonds. The minimum absolute atomic E-state index is 0.00467. The lowest BCUT2D eigenvalue weighted by Crippen LogP contribution is -2.45. The van der Waals surface area contributed by atoms with Crippen LogP contribution >= 0.6 is 22.7 Å². The number of aromatic nitrogens is 2. The van der Waals surface area contributed by atoms with Gasteiger partial charge in [0.25, 0.3) is 11.8 Å². The minimum atomic E-state index is -0.394. The molecule has 55 heavy (non-hydrogen) atoms. The molecule has 0 aliphatic carbocycles. The molecule has 2 aliphatic rings.